The summed E-state index contributed by atoms with van der Waals surface area (Å²) in [4.78, 5) is 25.7. The summed E-state index contributed by atoms with van der Waals surface area (Å²) < 4.78 is 19.1. The molecule has 3 N–H and O–H groups in total. The molecule has 1 fully saturated rings. The van der Waals surface area contributed by atoms with Crippen LogP contribution in [0.25, 0.3) is 0 Å². The van der Waals surface area contributed by atoms with Gasteiger partial charge in [-0.05, 0) is 23.1 Å². The molecular formula is C17H24FN3O3. The highest BCUT2D eigenvalue weighted by atomic mass is 19.1. The first kappa shape index (κ1) is 18.2. The minimum Gasteiger partial charge on any atom is -0.370 e. The van der Waals surface area contributed by atoms with E-state index in [4.69, 9.17) is 10.5 Å². The molecule has 0 spiro atoms. The molecule has 3 amide bonds. The largest absolute Gasteiger partial charge is 0.370 e. The molecule has 1 aromatic rings. The Morgan fingerprint density at radius 3 is 2.71 bits per heavy atom. The number of carbonyl (C=O) groups is 2. The van der Waals surface area contributed by atoms with Gasteiger partial charge >= 0.3 is 6.03 Å². The minimum atomic E-state index is -0.738. The summed E-state index contributed by atoms with van der Waals surface area (Å²) in [5.41, 5.74) is 5.40. The lowest BCUT2D eigenvalue weighted by molar-refractivity contribution is -0.143. The highest BCUT2D eigenvalue weighted by molar-refractivity contribution is 5.87. The molecule has 0 saturated carbocycles. The van der Waals surface area contributed by atoms with Crippen LogP contribution in [0.2, 0.25) is 0 Å². The van der Waals surface area contributed by atoms with Crippen molar-refractivity contribution in [2.45, 2.75) is 32.9 Å². The average molecular weight is 337 g/mol. The number of benzene rings is 1. The van der Waals surface area contributed by atoms with Gasteiger partial charge < -0.3 is 20.7 Å². The molecule has 6 nitrogen and oxygen atoms in total. The van der Waals surface area contributed by atoms with Crippen molar-refractivity contribution in [2.75, 3.05) is 19.7 Å². The smallest absolute Gasteiger partial charge is 0.312 e. The second-order valence-electron chi connectivity index (χ2n) is 7.01. The number of nitrogens with zero attached hydrogens (tertiary/aromatic N) is 1. The Bertz CT molecular complexity index is 615. The van der Waals surface area contributed by atoms with Gasteiger partial charge in [0.2, 0.25) is 5.91 Å². The third kappa shape index (κ3) is 4.44. The first-order valence-electron chi connectivity index (χ1n) is 7.90. The maximum Gasteiger partial charge on any atom is 0.312 e. The second-order valence-corrected chi connectivity index (χ2v) is 7.01. The molecule has 132 valence electrons. The van der Waals surface area contributed by atoms with Crippen LogP contribution in [-0.2, 0) is 9.53 Å². The van der Waals surface area contributed by atoms with Crippen LogP contribution in [0.15, 0.2) is 24.3 Å². The minimum absolute atomic E-state index is 0.217. The van der Waals surface area contributed by atoms with Gasteiger partial charge in [-0.3, -0.25) is 4.79 Å². The lowest BCUT2D eigenvalue weighted by atomic mass is 9.85. The van der Waals surface area contributed by atoms with E-state index in [9.17, 15) is 14.0 Å². The van der Waals surface area contributed by atoms with Crippen LogP contribution in [0.3, 0.4) is 0 Å². The van der Waals surface area contributed by atoms with Crippen molar-refractivity contribution in [3.63, 3.8) is 0 Å². The average Bonchev–Trinajstić information content (AvgIpc) is 2.51. The maximum absolute atomic E-state index is 13.4. The number of nitrogens with two attached hydrogens (primary N) is 1. The van der Waals surface area contributed by atoms with E-state index in [0.29, 0.717) is 25.3 Å². The van der Waals surface area contributed by atoms with Gasteiger partial charge in [0.05, 0.1) is 13.2 Å². The van der Waals surface area contributed by atoms with E-state index in [-0.39, 0.29) is 11.7 Å². The van der Waals surface area contributed by atoms with Gasteiger partial charge in [0.25, 0.3) is 0 Å². The van der Waals surface area contributed by atoms with Crippen LogP contribution in [0.1, 0.15) is 32.4 Å². The molecule has 1 heterocycles. The van der Waals surface area contributed by atoms with Crippen LogP contribution in [0.4, 0.5) is 9.18 Å². The van der Waals surface area contributed by atoms with Gasteiger partial charge in [-0.2, -0.15) is 0 Å². The summed E-state index contributed by atoms with van der Waals surface area (Å²) in [7, 11) is 0. The number of carbonyl (C=O) groups excluding carboxylic acids is 2. The zero-order chi connectivity index (χ0) is 17.9. The van der Waals surface area contributed by atoms with Gasteiger partial charge in [0, 0.05) is 6.54 Å². The van der Waals surface area contributed by atoms with E-state index < -0.39 is 23.6 Å². The van der Waals surface area contributed by atoms with E-state index in [1.165, 1.54) is 12.1 Å². The molecule has 2 rings (SSSR count). The highest BCUT2D eigenvalue weighted by Crippen LogP contribution is 2.26. The molecule has 0 radical (unpaired) electrons. The summed E-state index contributed by atoms with van der Waals surface area (Å²) in [6.45, 7) is 6.63. The molecule has 0 aromatic heterocycles. The van der Waals surface area contributed by atoms with Crippen molar-refractivity contribution < 1.29 is 18.7 Å². The van der Waals surface area contributed by atoms with Crippen molar-refractivity contribution in [1.29, 1.82) is 0 Å². The molecule has 1 aliphatic heterocycles. The summed E-state index contributed by atoms with van der Waals surface area (Å²) in [6, 6.07) is 4.68. The summed E-state index contributed by atoms with van der Waals surface area (Å²) >= 11 is 0. The van der Waals surface area contributed by atoms with Gasteiger partial charge in [0.1, 0.15) is 18.0 Å². The van der Waals surface area contributed by atoms with E-state index in [1.807, 2.05) is 20.8 Å². The Morgan fingerprint density at radius 2 is 2.12 bits per heavy atom. The monoisotopic (exact) mass is 337 g/mol. The molecule has 24 heavy (non-hydrogen) atoms. The van der Waals surface area contributed by atoms with E-state index >= 15 is 0 Å². The van der Waals surface area contributed by atoms with Gasteiger partial charge in [-0.1, -0.05) is 32.9 Å². The number of primary amides is 1. The molecule has 0 aliphatic carbocycles. The number of ether oxygens (including phenoxy) is 1. The van der Waals surface area contributed by atoms with Crippen molar-refractivity contribution in [3.05, 3.63) is 35.6 Å². The highest BCUT2D eigenvalue weighted by Gasteiger charge is 2.37. The number of halogens is 1. The first-order chi connectivity index (χ1) is 11.2. The molecule has 0 bridgehead atoms. The van der Waals surface area contributed by atoms with Crippen LogP contribution < -0.4 is 11.1 Å². The normalized spacial score (nSPS) is 19.7. The van der Waals surface area contributed by atoms with Crippen molar-refractivity contribution in [3.8, 4) is 0 Å². The van der Waals surface area contributed by atoms with E-state index in [1.54, 1.807) is 17.0 Å². The second kappa shape index (κ2) is 7.17. The number of nitrogens with one attached hydrogen (secondary N) is 1. The lowest BCUT2D eigenvalue weighted by Crippen LogP contribution is -2.57. The fourth-order valence-corrected chi connectivity index (χ4v) is 2.73. The van der Waals surface area contributed by atoms with E-state index in [0.717, 1.165) is 0 Å². The lowest BCUT2D eigenvalue weighted by Gasteiger charge is -2.38. The van der Waals surface area contributed by atoms with Crippen molar-refractivity contribution >= 4 is 11.9 Å². The summed E-state index contributed by atoms with van der Waals surface area (Å²) in [5.74, 6) is -0.562. The molecule has 1 aliphatic rings. The zero-order valence-electron chi connectivity index (χ0n) is 14.2. The summed E-state index contributed by atoms with van der Waals surface area (Å²) in [5, 5.41) is 2.53. The van der Waals surface area contributed by atoms with Crippen LogP contribution in [0, 0.1) is 11.2 Å². The Labute approximate surface area is 141 Å². The van der Waals surface area contributed by atoms with Crippen LogP contribution in [0.5, 0.6) is 0 Å². The molecule has 2 atom stereocenters. The van der Waals surface area contributed by atoms with E-state index in [2.05, 4.69) is 5.32 Å². The number of morpholine rings is 1. The number of rotatable bonds is 3. The number of hydrogen-bond donors (Lipinski definition) is 2. The fraction of sp³-hybridized carbons (Fsp3) is 0.529. The fourth-order valence-electron chi connectivity index (χ4n) is 2.73. The Morgan fingerprint density at radius 1 is 1.42 bits per heavy atom. The Kier molecular flexibility index (Phi) is 5.43. The number of amides is 3. The van der Waals surface area contributed by atoms with Crippen LogP contribution >= 0.6 is 0 Å². The molecule has 1 aromatic carbocycles. The molecule has 1 saturated heterocycles. The predicted octanol–water partition coefficient (Wildman–Crippen LogP) is 1.81. The number of urea groups is 1. The SMILES string of the molecule is CC(C)(C)[C@H](NC(N)=O)C(=O)N1CCO[C@H](c2cccc(F)c2)C1. The van der Waals surface area contributed by atoms with Crippen molar-refractivity contribution in [2.24, 2.45) is 11.1 Å². The summed E-state index contributed by atoms with van der Waals surface area (Å²) in [6.07, 6.45) is -0.396. The van der Waals surface area contributed by atoms with Gasteiger partial charge in [-0.25, -0.2) is 9.18 Å². The van der Waals surface area contributed by atoms with Crippen LogP contribution in [-0.4, -0.2) is 42.6 Å². The van der Waals surface area contributed by atoms with Gasteiger partial charge in [-0.15, -0.1) is 0 Å². The van der Waals surface area contributed by atoms with Gasteiger partial charge in [0.15, 0.2) is 0 Å². The topological polar surface area (TPSA) is 84.7 Å². The first-order valence-corrected chi connectivity index (χ1v) is 7.90. The third-order valence-corrected chi connectivity index (χ3v) is 4.00. The maximum atomic E-state index is 13.4. The quantitative estimate of drug-likeness (QED) is 0.882. The predicted molar refractivity (Wildman–Crippen MR) is 87.6 cm³/mol. The number of hydrogen-bond acceptors (Lipinski definition) is 3. The Balaban J connectivity index is 2.15. The molecule has 7 heteroatoms. The Hall–Kier alpha value is -2.15. The standard InChI is InChI=1S/C17H24FN3O3/c1-17(2,3)14(20-16(19)23)15(22)21-7-8-24-13(10-21)11-5-4-6-12(18)9-11/h4-6,9,13-14H,7-8,10H2,1-3H3,(H3,19,20,23)/t13-,14+/m0/s1. The van der Waals surface area contributed by atoms with Crippen molar-refractivity contribution in [1.82, 2.24) is 10.2 Å². The molecule has 0 unspecified atom stereocenters. The zero-order valence-corrected chi connectivity index (χ0v) is 14.2. The molecular weight excluding hydrogens is 313 g/mol. The third-order valence-electron chi connectivity index (χ3n) is 4.00.